The molecule has 2 aromatic rings. The smallest absolute Gasteiger partial charge is 0.141 e. The van der Waals surface area contributed by atoms with Crippen molar-refractivity contribution in [1.82, 2.24) is 9.97 Å². The molecule has 0 aliphatic rings. The van der Waals surface area contributed by atoms with Crippen LogP contribution in [0.15, 0.2) is 30.6 Å². The van der Waals surface area contributed by atoms with Crippen LogP contribution in [-0.2, 0) is 12.0 Å². The lowest BCUT2D eigenvalue weighted by Gasteiger charge is -2.23. The predicted octanol–water partition coefficient (Wildman–Crippen LogP) is 2.94. The first-order chi connectivity index (χ1) is 9.90. The van der Waals surface area contributed by atoms with Crippen molar-refractivity contribution in [3.05, 3.63) is 41.9 Å². The van der Waals surface area contributed by atoms with Gasteiger partial charge in [-0.05, 0) is 23.6 Å². The minimum Gasteiger partial charge on any atom is -0.497 e. The van der Waals surface area contributed by atoms with Gasteiger partial charge in [-0.2, -0.15) is 0 Å². The van der Waals surface area contributed by atoms with Gasteiger partial charge in [0.2, 0.25) is 0 Å². The van der Waals surface area contributed by atoms with E-state index < -0.39 is 0 Å². The Kier molecular flexibility index (Phi) is 4.31. The summed E-state index contributed by atoms with van der Waals surface area (Å²) in [6, 6.07) is 5.81. The van der Waals surface area contributed by atoms with E-state index in [-0.39, 0.29) is 5.41 Å². The third-order valence-electron chi connectivity index (χ3n) is 3.10. The maximum absolute atomic E-state index is 5.89. The molecule has 0 spiro atoms. The topological polar surface area (TPSA) is 70.3 Å². The van der Waals surface area contributed by atoms with Crippen LogP contribution in [-0.4, -0.2) is 17.1 Å². The van der Waals surface area contributed by atoms with Crippen molar-refractivity contribution in [3.63, 3.8) is 0 Å². The molecule has 1 aromatic heterocycles. The maximum atomic E-state index is 5.89. The Balaban J connectivity index is 2.21. The van der Waals surface area contributed by atoms with Crippen LogP contribution >= 0.6 is 0 Å². The summed E-state index contributed by atoms with van der Waals surface area (Å²) in [5.41, 5.74) is 7.30. The van der Waals surface area contributed by atoms with Gasteiger partial charge in [0, 0.05) is 5.56 Å². The van der Waals surface area contributed by atoms with Crippen LogP contribution in [0.25, 0.3) is 0 Å². The first-order valence-corrected chi connectivity index (χ1v) is 6.78. The van der Waals surface area contributed by atoms with Crippen LogP contribution in [0.4, 0.5) is 5.82 Å². The fourth-order valence-electron chi connectivity index (χ4n) is 1.94. The molecule has 21 heavy (non-hydrogen) atoms. The van der Waals surface area contributed by atoms with Gasteiger partial charge in [0.15, 0.2) is 0 Å². The second-order valence-electron chi connectivity index (χ2n) is 5.83. The molecule has 2 N–H and O–H groups in total. The Bertz CT molecular complexity index is 604. The molecule has 0 saturated heterocycles. The van der Waals surface area contributed by atoms with E-state index in [9.17, 15) is 0 Å². The number of hydrogen-bond donors (Lipinski definition) is 1. The molecule has 2 rings (SSSR count). The standard InChI is InChI=1S/C16H21N3O2/c1-16(2,3)13-7-12(20-4)5-6-14(13)21-10-11-8-19-15(17)9-18-11/h5-9H,10H2,1-4H3,(H2,17,19). The third kappa shape index (κ3) is 3.84. The zero-order chi connectivity index (χ0) is 15.5. The fraction of sp³-hybridized carbons (Fsp3) is 0.375. The zero-order valence-electron chi connectivity index (χ0n) is 12.9. The van der Waals surface area contributed by atoms with Crippen LogP contribution in [0.3, 0.4) is 0 Å². The quantitative estimate of drug-likeness (QED) is 0.936. The molecule has 0 atom stereocenters. The van der Waals surface area contributed by atoms with Gasteiger partial charge in [-0.15, -0.1) is 0 Å². The molecular formula is C16H21N3O2. The molecule has 0 saturated carbocycles. The molecule has 0 aliphatic carbocycles. The van der Waals surface area contributed by atoms with Crippen molar-refractivity contribution < 1.29 is 9.47 Å². The highest BCUT2D eigenvalue weighted by Crippen LogP contribution is 2.34. The molecule has 0 radical (unpaired) electrons. The molecule has 0 aliphatic heterocycles. The van der Waals surface area contributed by atoms with Crippen molar-refractivity contribution in [2.45, 2.75) is 32.8 Å². The van der Waals surface area contributed by atoms with Gasteiger partial charge in [-0.1, -0.05) is 20.8 Å². The number of nitrogen functional groups attached to an aromatic ring is 1. The van der Waals surface area contributed by atoms with Crippen molar-refractivity contribution in [2.24, 2.45) is 0 Å². The number of rotatable bonds is 4. The number of nitrogens with zero attached hydrogens (tertiary/aromatic N) is 2. The number of aromatic nitrogens is 2. The number of anilines is 1. The Hall–Kier alpha value is -2.30. The van der Waals surface area contributed by atoms with Crippen molar-refractivity contribution >= 4 is 5.82 Å². The van der Waals surface area contributed by atoms with Crippen molar-refractivity contribution in [2.75, 3.05) is 12.8 Å². The lowest BCUT2D eigenvalue weighted by molar-refractivity contribution is 0.291. The summed E-state index contributed by atoms with van der Waals surface area (Å²) >= 11 is 0. The predicted molar refractivity (Wildman–Crippen MR) is 82.5 cm³/mol. The van der Waals surface area contributed by atoms with E-state index in [2.05, 4.69) is 30.7 Å². The first kappa shape index (κ1) is 15.1. The number of ether oxygens (including phenoxy) is 2. The largest absolute Gasteiger partial charge is 0.497 e. The van der Waals surface area contributed by atoms with Crippen molar-refractivity contribution in [3.8, 4) is 11.5 Å². The first-order valence-electron chi connectivity index (χ1n) is 6.78. The Labute approximate surface area is 125 Å². The highest BCUT2D eigenvalue weighted by Gasteiger charge is 2.20. The number of benzene rings is 1. The van der Waals surface area contributed by atoms with E-state index in [1.54, 1.807) is 13.3 Å². The highest BCUT2D eigenvalue weighted by atomic mass is 16.5. The lowest BCUT2D eigenvalue weighted by Crippen LogP contribution is -2.14. The van der Waals surface area contributed by atoms with Gasteiger partial charge in [0.05, 0.1) is 25.2 Å². The van der Waals surface area contributed by atoms with Crippen LogP contribution in [0.5, 0.6) is 11.5 Å². The third-order valence-corrected chi connectivity index (χ3v) is 3.10. The van der Waals surface area contributed by atoms with Crippen LogP contribution in [0, 0.1) is 0 Å². The van der Waals surface area contributed by atoms with Gasteiger partial charge in [-0.3, -0.25) is 4.98 Å². The fourth-order valence-corrected chi connectivity index (χ4v) is 1.94. The lowest BCUT2D eigenvalue weighted by atomic mass is 9.86. The molecule has 0 amide bonds. The van der Waals surface area contributed by atoms with Crippen molar-refractivity contribution in [1.29, 1.82) is 0 Å². The van der Waals surface area contributed by atoms with E-state index in [4.69, 9.17) is 15.2 Å². The van der Waals surface area contributed by atoms with E-state index in [1.165, 1.54) is 6.20 Å². The SMILES string of the molecule is COc1ccc(OCc2cnc(N)cn2)c(C(C)(C)C)c1. The Morgan fingerprint density at radius 2 is 1.90 bits per heavy atom. The Morgan fingerprint density at radius 1 is 1.14 bits per heavy atom. The average Bonchev–Trinajstić information content (AvgIpc) is 2.45. The molecule has 0 fully saturated rings. The van der Waals surface area contributed by atoms with Gasteiger partial charge in [-0.25, -0.2) is 4.98 Å². The Morgan fingerprint density at radius 3 is 2.48 bits per heavy atom. The van der Waals surface area contributed by atoms with Crippen LogP contribution in [0.2, 0.25) is 0 Å². The molecule has 112 valence electrons. The second kappa shape index (κ2) is 5.99. The number of hydrogen-bond acceptors (Lipinski definition) is 5. The summed E-state index contributed by atoms with van der Waals surface area (Å²) < 4.78 is 11.2. The highest BCUT2D eigenvalue weighted by molar-refractivity contribution is 5.44. The van der Waals surface area contributed by atoms with Crippen LogP contribution in [0.1, 0.15) is 32.0 Å². The number of methoxy groups -OCH3 is 1. The van der Waals surface area contributed by atoms with E-state index >= 15 is 0 Å². The van der Waals surface area contributed by atoms with Gasteiger partial charge >= 0.3 is 0 Å². The van der Waals surface area contributed by atoms with E-state index in [0.29, 0.717) is 12.4 Å². The normalized spacial score (nSPS) is 11.2. The molecule has 5 heteroatoms. The van der Waals surface area contributed by atoms with E-state index in [1.807, 2.05) is 18.2 Å². The molecule has 1 aromatic carbocycles. The second-order valence-corrected chi connectivity index (χ2v) is 5.83. The van der Waals surface area contributed by atoms with Gasteiger partial charge < -0.3 is 15.2 Å². The monoisotopic (exact) mass is 287 g/mol. The van der Waals surface area contributed by atoms with E-state index in [0.717, 1.165) is 22.8 Å². The summed E-state index contributed by atoms with van der Waals surface area (Å²) in [6.07, 6.45) is 3.15. The molecule has 0 unspecified atom stereocenters. The van der Waals surface area contributed by atoms with Gasteiger partial charge in [0.1, 0.15) is 23.9 Å². The maximum Gasteiger partial charge on any atom is 0.141 e. The average molecular weight is 287 g/mol. The summed E-state index contributed by atoms with van der Waals surface area (Å²) in [4.78, 5) is 8.19. The zero-order valence-corrected chi connectivity index (χ0v) is 12.9. The number of nitrogens with two attached hydrogens (primary N) is 1. The minimum atomic E-state index is -0.0450. The van der Waals surface area contributed by atoms with Crippen LogP contribution < -0.4 is 15.2 Å². The molecular weight excluding hydrogens is 266 g/mol. The molecule has 1 heterocycles. The van der Waals surface area contributed by atoms with Gasteiger partial charge in [0.25, 0.3) is 0 Å². The summed E-state index contributed by atoms with van der Waals surface area (Å²) in [7, 11) is 1.66. The molecule has 5 nitrogen and oxygen atoms in total. The summed E-state index contributed by atoms with van der Waals surface area (Å²) in [5.74, 6) is 2.04. The summed E-state index contributed by atoms with van der Waals surface area (Å²) in [5, 5.41) is 0. The summed E-state index contributed by atoms with van der Waals surface area (Å²) in [6.45, 7) is 6.76. The molecule has 0 bridgehead atoms. The minimum absolute atomic E-state index is 0.0450.